The zero-order valence-corrected chi connectivity index (χ0v) is 10.5. The van der Waals surface area contributed by atoms with E-state index in [0.717, 1.165) is 0 Å². The number of rotatable bonds is 3. The summed E-state index contributed by atoms with van der Waals surface area (Å²) in [6.45, 7) is 0. The van der Waals surface area contributed by atoms with Crippen molar-refractivity contribution in [2.24, 2.45) is 7.05 Å². The highest BCUT2D eigenvalue weighted by atomic mass is 32.2. The Bertz CT molecular complexity index is 590. The van der Waals surface area contributed by atoms with Crippen LogP contribution in [0.15, 0.2) is 23.4 Å². The number of hydrogen-bond acceptors (Lipinski definition) is 4. The van der Waals surface area contributed by atoms with Crippen molar-refractivity contribution in [3.8, 4) is 0 Å². The maximum absolute atomic E-state index is 12.0. The SMILES string of the molecule is Cn1ccc(S(=O)(=O)NC2CCC(=O)NC2=O)c1. The normalized spacial score (nSPS) is 20.8. The van der Waals surface area contributed by atoms with Gasteiger partial charge < -0.3 is 4.57 Å². The third kappa shape index (κ3) is 2.59. The Kier molecular flexibility index (Phi) is 3.22. The van der Waals surface area contributed by atoms with Gasteiger partial charge in [-0.3, -0.25) is 14.9 Å². The minimum absolute atomic E-state index is 0.0923. The zero-order chi connectivity index (χ0) is 13.3. The van der Waals surface area contributed by atoms with Crippen molar-refractivity contribution in [2.45, 2.75) is 23.8 Å². The summed E-state index contributed by atoms with van der Waals surface area (Å²) in [5, 5.41) is 2.10. The number of imide groups is 1. The Hall–Kier alpha value is -1.67. The van der Waals surface area contributed by atoms with Crippen molar-refractivity contribution in [3.05, 3.63) is 18.5 Å². The number of carbonyl (C=O) groups excluding carboxylic acids is 2. The second-order valence-corrected chi connectivity index (χ2v) is 5.85. The van der Waals surface area contributed by atoms with Gasteiger partial charge in [-0.05, 0) is 12.5 Å². The van der Waals surface area contributed by atoms with Crippen molar-refractivity contribution < 1.29 is 18.0 Å². The van der Waals surface area contributed by atoms with Gasteiger partial charge in [-0.1, -0.05) is 0 Å². The number of hydrogen-bond donors (Lipinski definition) is 2. The predicted molar refractivity (Wildman–Crippen MR) is 61.9 cm³/mol. The molecule has 0 saturated carbocycles. The molecule has 0 aliphatic carbocycles. The smallest absolute Gasteiger partial charge is 0.244 e. The summed E-state index contributed by atoms with van der Waals surface area (Å²) in [7, 11) is -2.03. The number of aryl methyl sites for hydroxylation is 1. The van der Waals surface area contributed by atoms with Crippen LogP contribution >= 0.6 is 0 Å². The van der Waals surface area contributed by atoms with E-state index in [1.165, 1.54) is 12.3 Å². The van der Waals surface area contributed by atoms with Gasteiger partial charge in [0.2, 0.25) is 21.8 Å². The van der Waals surface area contributed by atoms with Gasteiger partial charge in [-0.25, -0.2) is 8.42 Å². The highest BCUT2D eigenvalue weighted by Gasteiger charge is 2.30. The van der Waals surface area contributed by atoms with Crippen LogP contribution in [0.5, 0.6) is 0 Å². The quantitative estimate of drug-likeness (QED) is 0.697. The van der Waals surface area contributed by atoms with Crippen LogP contribution in [0, 0.1) is 0 Å². The summed E-state index contributed by atoms with van der Waals surface area (Å²) >= 11 is 0. The molecule has 1 unspecified atom stereocenters. The predicted octanol–water partition coefficient (Wildman–Crippen LogP) is -0.891. The molecule has 2 heterocycles. The first kappa shape index (κ1) is 12.8. The van der Waals surface area contributed by atoms with Gasteiger partial charge in [0.15, 0.2) is 0 Å². The van der Waals surface area contributed by atoms with E-state index in [1.54, 1.807) is 17.8 Å². The first-order valence-corrected chi connectivity index (χ1v) is 6.85. The van der Waals surface area contributed by atoms with E-state index in [1.807, 2.05) is 0 Å². The molecule has 8 heteroatoms. The second kappa shape index (κ2) is 4.54. The monoisotopic (exact) mass is 271 g/mol. The summed E-state index contributed by atoms with van der Waals surface area (Å²) in [6.07, 6.45) is 3.34. The maximum atomic E-state index is 12.0. The molecule has 1 aliphatic heterocycles. The average Bonchev–Trinajstić information content (AvgIpc) is 2.70. The largest absolute Gasteiger partial charge is 0.356 e. The van der Waals surface area contributed by atoms with E-state index in [-0.39, 0.29) is 23.6 Å². The molecule has 18 heavy (non-hydrogen) atoms. The molecule has 1 aromatic heterocycles. The molecule has 1 fully saturated rings. The lowest BCUT2D eigenvalue weighted by atomic mass is 10.1. The van der Waals surface area contributed by atoms with Gasteiger partial charge in [-0.2, -0.15) is 4.72 Å². The zero-order valence-electron chi connectivity index (χ0n) is 9.71. The Labute approximate surface area is 104 Å². The molecule has 0 bridgehead atoms. The highest BCUT2D eigenvalue weighted by Crippen LogP contribution is 2.12. The molecule has 0 spiro atoms. The van der Waals surface area contributed by atoms with E-state index in [4.69, 9.17) is 0 Å². The van der Waals surface area contributed by atoms with Gasteiger partial charge in [-0.15, -0.1) is 0 Å². The summed E-state index contributed by atoms with van der Waals surface area (Å²) in [6, 6.07) is 0.543. The first-order chi connectivity index (χ1) is 8.38. The summed E-state index contributed by atoms with van der Waals surface area (Å²) in [4.78, 5) is 22.5. The van der Waals surface area contributed by atoms with Crippen LogP contribution in [0.3, 0.4) is 0 Å². The summed E-state index contributed by atoms with van der Waals surface area (Å²) in [5.74, 6) is -0.985. The fraction of sp³-hybridized carbons (Fsp3) is 0.400. The van der Waals surface area contributed by atoms with Gasteiger partial charge >= 0.3 is 0 Å². The van der Waals surface area contributed by atoms with Crippen molar-refractivity contribution in [1.82, 2.24) is 14.6 Å². The van der Waals surface area contributed by atoms with Crippen LogP contribution in [-0.2, 0) is 26.7 Å². The first-order valence-electron chi connectivity index (χ1n) is 5.36. The fourth-order valence-corrected chi connectivity index (χ4v) is 2.98. The Morgan fingerprint density at radius 2 is 2.17 bits per heavy atom. The molecule has 7 nitrogen and oxygen atoms in total. The lowest BCUT2D eigenvalue weighted by Gasteiger charge is -2.21. The highest BCUT2D eigenvalue weighted by molar-refractivity contribution is 7.89. The van der Waals surface area contributed by atoms with Crippen molar-refractivity contribution in [1.29, 1.82) is 0 Å². The minimum Gasteiger partial charge on any atom is -0.356 e. The third-order valence-corrected chi connectivity index (χ3v) is 4.11. The molecule has 1 aromatic rings. The van der Waals surface area contributed by atoms with Crippen LogP contribution < -0.4 is 10.0 Å². The van der Waals surface area contributed by atoms with Crippen molar-refractivity contribution in [2.75, 3.05) is 0 Å². The third-order valence-electron chi connectivity index (χ3n) is 2.65. The number of aromatic nitrogens is 1. The molecule has 0 radical (unpaired) electrons. The minimum atomic E-state index is -3.73. The van der Waals surface area contributed by atoms with Crippen LogP contribution in [0.2, 0.25) is 0 Å². The van der Waals surface area contributed by atoms with E-state index >= 15 is 0 Å². The molecule has 1 aliphatic rings. The molecule has 2 rings (SSSR count). The van der Waals surface area contributed by atoms with E-state index in [9.17, 15) is 18.0 Å². The number of nitrogens with one attached hydrogen (secondary N) is 2. The van der Waals surface area contributed by atoms with Crippen LogP contribution in [0.25, 0.3) is 0 Å². The van der Waals surface area contributed by atoms with Crippen molar-refractivity contribution >= 4 is 21.8 Å². The number of carbonyl (C=O) groups is 2. The van der Waals surface area contributed by atoms with Gasteiger partial charge in [0.25, 0.3) is 0 Å². The Morgan fingerprint density at radius 3 is 2.72 bits per heavy atom. The lowest BCUT2D eigenvalue weighted by Crippen LogP contribution is -2.52. The van der Waals surface area contributed by atoms with Crippen LogP contribution in [0.1, 0.15) is 12.8 Å². The van der Waals surface area contributed by atoms with Gasteiger partial charge in [0.05, 0.1) is 4.90 Å². The lowest BCUT2D eigenvalue weighted by molar-refractivity contribution is -0.134. The average molecular weight is 271 g/mol. The Balaban J connectivity index is 2.14. The van der Waals surface area contributed by atoms with E-state index in [2.05, 4.69) is 10.0 Å². The van der Waals surface area contributed by atoms with E-state index < -0.39 is 22.0 Å². The van der Waals surface area contributed by atoms with Crippen LogP contribution in [0.4, 0.5) is 0 Å². The standard InChI is InChI=1S/C10H13N3O4S/c1-13-5-4-7(6-13)18(16,17)12-8-2-3-9(14)11-10(8)15/h4-6,8,12H,2-3H2,1H3,(H,11,14,15). The molecule has 0 aromatic carbocycles. The molecule has 1 atom stereocenters. The molecule has 2 amide bonds. The van der Waals surface area contributed by atoms with E-state index in [0.29, 0.717) is 0 Å². The number of nitrogens with zero attached hydrogens (tertiary/aromatic N) is 1. The summed E-state index contributed by atoms with van der Waals surface area (Å²) < 4.78 is 27.8. The number of piperidine rings is 1. The van der Waals surface area contributed by atoms with Gasteiger partial charge in [0.1, 0.15) is 6.04 Å². The Morgan fingerprint density at radius 1 is 1.44 bits per heavy atom. The molecule has 98 valence electrons. The fourth-order valence-electron chi connectivity index (χ4n) is 1.70. The molecule has 1 saturated heterocycles. The van der Waals surface area contributed by atoms with Crippen LogP contribution in [-0.4, -0.2) is 30.8 Å². The topological polar surface area (TPSA) is 97.3 Å². The molecule has 2 N–H and O–H groups in total. The second-order valence-electron chi connectivity index (χ2n) is 4.14. The molecular formula is C10H13N3O4S. The number of amides is 2. The van der Waals surface area contributed by atoms with Gasteiger partial charge in [0, 0.05) is 25.9 Å². The summed E-state index contributed by atoms with van der Waals surface area (Å²) in [5.41, 5.74) is 0. The van der Waals surface area contributed by atoms with Crippen molar-refractivity contribution in [3.63, 3.8) is 0 Å². The number of sulfonamides is 1. The molecular weight excluding hydrogens is 258 g/mol. The maximum Gasteiger partial charge on any atom is 0.244 e.